The van der Waals surface area contributed by atoms with Crippen LogP contribution in [0.25, 0.3) is 0 Å². The average Bonchev–Trinajstić information content (AvgIpc) is 2.82. The molecule has 1 aliphatic heterocycles. The molecule has 0 fully saturated rings. The zero-order valence-electron chi connectivity index (χ0n) is 17.9. The smallest absolute Gasteiger partial charge is 0.343 e. The van der Waals surface area contributed by atoms with E-state index in [4.69, 9.17) is 19.9 Å². The Bertz CT molecular complexity index is 1260. The van der Waals surface area contributed by atoms with Crippen molar-refractivity contribution in [2.75, 3.05) is 6.61 Å². The van der Waals surface area contributed by atoms with Gasteiger partial charge in [-0.15, -0.1) is 0 Å². The Hall–Kier alpha value is -4.31. The summed E-state index contributed by atoms with van der Waals surface area (Å²) in [4.78, 5) is 12.6. The van der Waals surface area contributed by atoms with E-state index in [1.54, 1.807) is 48.5 Å². The number of halogens is 1. The van der Waals surface area contributed by atoms with Gasteiger partial charge < -0.3 is 19.9 Å². The number of carbonyl (C=O) groups excluding carboxylic acids is 1. The molecule has 7 heteroatoms. The van der Waals surface area contributed by atoms with Gasteiger partial charge >= 0.3 is 5.97 Å². The summed E-state index contributed by atoms with van der Waals surface area (Å²) < 4.78 is 30.5. The highest BCUT2D eigenvalue weighted by Crippen LogP contribution is 2.43. The molecule has 1 heterocycles. The lowest BCUT2D eigenvalue weighted by atomic mass is 9.83. The maximum absolute atomic E-state index is 13.9. The van der Waals surface area contributed by atoms with Gasteiger partial charge in [0.15, 0.2) is 0 Å². The molecular formula is C26H21FN2O4. The molecule has 3 aromatic rings. The fourth-order valence-electron chi connectivity index (χ4n) is 3.60. The number of nitrogens with zero attached hydrogens (tertiary/aromatic N) is 1. The molecule has 4 rings (SSSR count). The number of esters is 1. The predicted octanol–water partition coefficient (Wildman–Crippen LogP) is 5.05. The first-order chi connectivity index (χ1) is 16.0. The maximum atomic E-state index is 13.9. The van der Waals surface area contributed by atoms with E-state index in [1.807, 2.05) is 6.92 Å². The zero-order valence-corrected chi connectivity index (χ0v) is 17.9. The minimum atomic E-state index is -0.602. The monoisotopic (exact) mass is 444 g/mol. The van der Waals surface area contributed by atoms with Crippen molar-refractivity contribution in [3.8, 4) is 23.3 Å². The molecule has 0 bridgehead atoms. The topological polar surface area (TPSA) is 94.6 Å². The molecular weight excluding hydrogens is 423 g/mol. The Balaban J connectivity index is 1.59. The summed E-state index contributed by atoms with van der Waals surface area (Å²) in [5, 5.41) is 9.61. The third-order valence-corrected chi connectivity index (χ3v) is 5.15. The predicted molar refractivity (Wildman–Crippen MR) is 119 cm³/mol. The van der Waals surface area contributed by atoms with E-state index in [2.05, 4.69) is 6.07 Å². The number of nitrogens with two attached hydrogens (primary N) is 1. The van der Waals surface area contributed by atoms with E-state index in [0.717, 1.165) is 6.42 Å². The van der Waals surface area contributed by atoms with Crippen LogP contribution in [0.15, 0.2) is 78.2 Å². The molecule has 0 aromatic heterocycles. The molecule has 0 amide bonds. The number of fused-ring (bicyclic) bond motifs is 1. The average molecular weight is 444 g/mol. The molecule has 33 heavy (non-hydrogen) atoms. The Labute approximate surface area is 190 Å². The third kappa shape index (κ3) is 4.65. The fraction of sp³-hybridized carbons (Fsp3) is 0.154. The van der Waals surface area contributed by atoms with Gasteiger partial charge in [0, 0.05) is 11.6 Å². The minimum absolute atomic E-state index is 0.0783. The van der Waals surface area contributed by atoms with Crippen molar-refractivity contribution >= 4 is 5.97 Å². The van der Waals surface area contributed by atoms with Gasteiger partial charge in [0.25, 0.3) is 0 Å². The van der Waals surface area contributed by atoms with Crippen LogP contribution in [0.2, 0.25) is 0 Å². The number of hydrogen-bond donors (Lipinski definition) is 1. The largest absolute Gasteiger partial charge is 0.494 e. The molecule has 1 unspecified atom stereocenters. The minimum Gasteiger partial charge on any atom is -0.494 e. The third-order valence-electron chi connectivity index (χ3n) is 5.15. The number of nitriles is 1. The van der Waals surface area contributed by atoms with Gasteiger partial charge in [-0.2, -0.15) is 5.26 Å². The molecule has 1 aliphatic rings. The van der Waals surface area contributed by atoms with Crippen LogP contribution in [0.3, 0.4) is 0 Å². The number of rotatable bonds is 6. The summed E-state index contributed by atoms with van der Waals surface area (Å²) in [6.45, 7) is 2.61. The zero-order chi connectivity index (χ0) is 23.4. The van der Waals surface area contributed by atoms with Crippen molar-refractivity contribution in [1.29, 1.82) is 5.26 Å². The summed E-state index contributed by atoms with van der Waals surface area (Å²) in [6, 6.07) is 19.5. The number of ether oxygens (including phenoxy) is 3. The summed E-state index contributed by atoms with van der Waals surface area (Å²) in [5.74, 6) is -0.399. The van der Waals surface area contributed by atoms with E-state index < -0.39 is 17.7 Å². The highest BCUT2D eigenvalue weighted by atomic mass is 19.1. The van der Waals surface area contributed by atoms with Crippen LogP contribution in [0.5, 0.6) is 17.2 Å². The second-order valence-electron chi connectivity index (χ2n) is 7.44. The van der Waals surface area contributed by atoms with Crippen LogP contribution in [0, 0.1) is 17.1 Å². The molecule has 0 radical (unpaired) electrons. The summed E-state index contributed by atoms with van der Waals surface area (Å²) in [6.07, 6.45) is 0.889. The van der Waals surface area contributed by atoms with Crippen LogP contribution in [0.4, 0.5) is 4.39 Å². The van der Waals surface area contributed by atoms with Crippen molar-refractivity contribution in [2.45, 2.75) is 19.3 Å². The standard InChI is InChI=1S/C26H21FN2O4/c1-2-12-31-19-8-6-16(7-9-19)26(30)32-20-10-11-21-23(14-20)33-25(29)22(15-28)24(21)17-4-3-5-18(27)13-17/h3-11,13-14,24H,2,12,29H2,1H3. The van der Waals surface area contributed by atoms with Crippen molar-refractivity contribution in [3.63, 3.8) is 0 Å². The normalized spacial score (nSPS) is 14.6. The SMILES string of the molecule is CCCOc1ccc(C(=O)Oc2ccc3c(c2)OC(N)=C(C#N)C3c2cccc(F)c2)cc1. The maximum Gasteiger partial charge on any atom is 0.343 e. The highest BCUT2D eigenvalue weighted by molar-refractivity contribution is 5.91. The Morgan fingerprint density at radius 2 is 1.88 bits per heavy atom. The van der Waals surface area contributed by atoms with Crippen LogP contribution in [0.1, 0.15) is 40.7 Å². The van der Waals surface area contributed by atoms with Gasteiger partial charge in [-0.1, -0.05) is 25.1 Å². The Morgan fingerprint density at radius 3 is 2.58 bits per heavy atom. The lowest BCUT2D eigenvalue weighted by molar-refractivity contribution is 0.0734. The quantitative estimate of drug-likeness (QED) is 0.422. The number of hydrogen-bond acceptors (Lipinski definition) is 6. The Kier molecular flexibility index (Phi) is 6.27. The van der Waals surface area contributed by atoms with Gasteiger partial charge in [0.05, 0.1) is 18.1 Å². The van der Waals surface area contributed by atoms with E-state index >= 15 is 0 Å². The van der Waals surface area contributed by atoms with Crippen molar-refractivity contribution < 1.29 is 23.4 Å². The molecule has 0 aliphatic carbocycles. The highest BCUT2D eigenvalue weighted by Gasteiger charge is 2.31. The molecule has 6 nitrogen and oxygen atoms in total. The van der Waals surface area contributed by atoms with Crippen LogP contribution in [-0.2, 0) is 0 Å². The summed E-state index contributed by atoms with van der Waals surface area (Å²) >= 11 is 0. The van der Waals surface area contributed by atoms with Gasteiger partial charge in [-0.25, -0.2) is 9.18 Å². The first-order valence-corrected chi connectivity index (χ1v) is 10.4. The van der Waals surface area contributed by atoms with Crippen molar-refractivity contribution in [3.05, 3.63) is 101 Å². The van der Waals surface area contributed by atoms with E-state index in [1.165, 1.54) is 18.2 Å². The van der Waals surface area contributed by atoms with Crippen LogP contribution >= 0.6 is 0 Å². The van der Waals surface area contributed by atoms with Crippen LogP contribution < -0.4 is 19.9 Å². The van der Waals surface area contributed by atoms with E-state index in [-0.39, 0.29) is 17.2 Å². The number of benzene rings is 3. The number of carbonyl (C=O) groups is 1. The van der Waals surface area contributed by atoms with Crippen molar-refractivity contribution in [1.82, 2.24) is 0 Å². The van der Waals surface area contributed by atoms with Gasteiger partial charge in [0.2, 0.25) is 5.88 Å². The lowest BCUT2D eigenvalue weighted by Gasteiger charge is -2.26. The molecule has 0 spiro atoms. The molecule has 0 saturated carbocycles. The number of allylic oxidation sites excluding steroid dienone is 1. The fourth-order valence-corrected chi connectivity index (χ4v) is 3.60. The first-order valence-electron chi connectivity index (χ1n) is 10.4. The second kappa shape index (κ2) is 9.45. The molecule has 166 valence electrons. The summed E-state index contributed by atoms with van der Waals surface area (Å²) in [5.41, 5.74) is 7.71. The molecule has 3 aromatic carbocycles. The van der Waals surface area contributed by atoms with Gasteiger partial charge in [-0.05, 0) is 54.4 Å². The summed E-state index contributed by atoms with van der Waals surface area (Å²) in [7, 11) is 0. The van der Waals surface area contributed by atoms with Crippen LogP contribution in [-0.4, -0.2) is 12.6 Å². The van der Waals surface area contributed by atoms with Gasteiger partial charge in [-0.3, -0.25) is 0 Å². The molecule has 0 saturated heterocycles. The van der Waals surface area contributed by atoms with E-state index in [9.17, 15) is 14.4 Å². The molecule has 2 N–H and O–H groups in total. The van der Waals surface area contributed by atoms with E-state index in [0.29, 0.717) is 34.8 Å². The molecule has 1 atom stereocenters. The first kappa shape index (κ1) is 21.9. The Morgan fingerprint density at radius 1 is 1.12 bits per heavy atom. The van der Waals surface area contributed by atoms with Crippen molar-refractivity contribution in [2.24, 2.45) is 5.73 Å². The van der Waals surface area contributed by atoms with Gasteiger partial charge in [0.1, 0.15) is 34.7 Å². The lowest BCUT2D eigenvalue weighted by Crippen LogP contribution is -2.21. The second-order valence-corrected chi connectivity index (χ2v) is 7.44.